The van der Waals surface area contributed by atoms with Crippen molar-refractivity contribution in [3.8, 4) is 0 Å². The summed E-state index contributed by atoms with van der Waals surface area (Å²) < 4.78 is 34.7. The van der Waals surface area contributed by atoms with Gasteiger partial charge in [-0.25, -0.2) is 0 Å². The minimum absolute atomic E-state index is 0.0811. The van der Waals surface area contributed by atoms with Gasteiger partial charge in [0.25, 0.3) is 10.1 Å². The molecule has 5 heteroatoms. The molecule has 0 aliphatic rings. The topological polar surface area (TPSA) is 52.6 Å². The molecule has 20 heavy (non-hydrogen) atoms. The molecule has 0 unspecified atom stereocenters. The second-order valence-corrected chi connectivity index (χ2v) is 6.82. The number of rotatable bonds is 8. The second-order valence-electron chi connectivity index (χ2n) is 5.21. The SMILES string of the molecule is CC[C@@H](COC(C)C)COS(=O)(=O)c1ccc(C)cc1. The molecule has 0 N–H and O–H groups in total. The van der Waals surface area contributed by atoms with Crippen molar-refractivity contribution >= 4 is 10.1 Å². The maximum atomic E-state index is 12.0. The molecule has 0 heterocycles. The summed E-state index contributed by atoms with van der Waals surface area (Å²) in [6.45, 7) is 8.48. The Kier molecular flexibility index (Phi) is 6.65. The Labute approximate surface area is 122 Å². The summed E-state index contributed by atoms with van der Waals surface area (Å²) in [4.78, 5) is 0.197. The first-order chi connectivity index (χ1) is 9.35. The van der Waals surface area contributed by atoms with Crippen molar-refractivity contribution in [2.75, 3.05) is 13.2 Å². The van der Waals surface area contributed by atoms with Crippen LogP contribution in [0.3, 0.4) is 0 Å². The van der Waals surface area contributed by atoms with E-state index < -0.39 is 10.1 Å². The smallest absolute Gasteiger partial charge is 0.296 e. The maximum Gasteiger partial charge on any atom is 0.296 e. The molecule has 0 aliphatic carbocycles. The molecule has 0 amide bonds. The van der Waals surface area contributed by atoms with Crippen LogP contribution < -0.4 is 0 Å². The molecular formula is C15H24O4S. The highest BCUT2D eigenvalue weighted by molar-refractivity contribution is 7.86. The largest absolute Gasteiger partial charge is 0.378 e. The first-order valence-corrected chi connectivity index (χ1v) is 8.33. The standard InChI is InChI=1S/C15H24O4S/c1-5-14(10-18-12(2)3)11-19-20(16,17)15-8-6-13(4)7-9-15/h6-9,12,14H,5,10-11H2,1-4H3/t14-/m0/s1. The van der Waals surface area contributed by atoms with Gasteiger partial charge < -0.3 is 4.74 Å². The van der Waals surface area contributed by atoms with Crippen molar-refractivity contribution in [1.29, 1.82) is 0 Å². The molecule has 0 aliphatic heterocycles. The molecule has 1 aromatic rings. The van der Waals surface area contributed by atoms with E-state index in [9.17, 15) is 8.42 Å². The van der Waals surface area contributed by atoms with Gasteiger partial charge in [0.2, 0.25) is 0 Å². The lowest BCUT2D eigenvalue weighted by Gasteiger charge is -2.17. The predicted molar refractivity (Wildman–Crippen MR) is 79.2 cm³/mol. The molecule has 0 saturated carbocycles. The van der Waals surface area contributed by atoms with Gasteiger partial charge in [0.15, 0.2) is 0 Å². The predicted octanol–water partition coefficient (Wildman–Crippen LogP) is 3.15. The first-order valence-electron chi connectivity index (χ1n) is 6.93. The molecule has 0 radical (unpaired) electrons. The Morgan fingerprint density at radius 2 is 1.70 bits per heavy atom. The maximum absolute atomic E-state index is 12.0. The minimum Gasteiger partial charge on any atom is -0.378 e. The van der Waals surface area contributed by atoms with Gasteiger partial charge in [0.05, 0.1) is 24.2 Å². The van der Waals surface area contributed by atoms with Crippen molar-refractivity contribution < 1.29 is 17.3 Å². The van der Waals surface area contributed by atoms with E-state index in [1.807, 2.05) is 27.7 Å². The zero-order chi connectivity index (χ0) is 15.2. The number of hydrogen-bond acceptors (Lipinski definition) is 4. The lowest BCUT2D eigenvalue weighted by Crippen LogP contribution is -2.20. The van der Waals surface area contributed by atoms with Crippen molar-refractivity contribution in [3.05, 3.63) is 29.8 Å². The quantitative estimate of drug-likeness (QED) is 0.692. The number of hydrogen-bond donors (Lipinski definition) is 0. The van der Waals surface area contributed by atoms with E-state index in [1.165, 1.54) is 0 Å². The summed E-state index contributed by atoms with van der Waals surface area (Å²) in [5, 5.41) is 0. The molecule has 114 valence electrons. The van der Waals surface area contributed by atoms with Gasteiger partial charge in [0.1, 0.15) is 0 Å². The third kappa shape index (κ3) is 5.61. The average Bonchev–Trinajstić information content (AvgIpc) is 2.39. The number of ether oxygens (including phenoxy) is 1. The summed E-state index contributed by atoms with van der Waals surface area (Å²) in [5.41, 5.74) is 1.01. The average molecular weight is 300 g/mol. The van der Waals surface area contributed by atoms with Gasteiger partial charge in [0, 0.05) is 5.92 Å². The van der Waals surface area contributed by atoms with Gasteiger partial charge in [-0.3, -0.25) is 4.18 Å². The summed E-state index contributed by atoms with van der Waals surface area (Å²) >= 11 is 0. The van der Waals surface area contributed by atoms with Crippen molar-refractivity contribution in [1.82, 2.24) is 0 Å². The van der Waals surface area contributed by atoms with E-state index in [2.05, 4.69) is 0 Å². The Bertz CT molecular complexity index is 491. The van der Waals surface area contributed by atoms with Crippen LogP contribution in [0.4, 0.5) is 0 Å². The molecular weight excluding hydrogens is 276 g/mol. The van der Waals surface area contributed by atoms with E-state index in [1.54, 1.807) is 24.3 Å². The van der Waals surface area contributed by atoms with Crippen LogP contribution in [-0.2, 0) is 19.0 Å². The summed E-state index contributed by atoms with van der Waals surface area (Å²) in [5.74, 6) is 0.0811. The van der Waals surface area contributed by atoms with E-state index in [0.717, 1.165) is 12.0 Å². The van der Waals surface area contributed by atoms with Gasteiger partial charge in [-0.1, -0.05) is 24.6 Å². The fourth-order valence-corrected chi connectivity index (χ4v) is 2.55. The van der Waals surface area contributed by atoms with Crippen LogP contribution in [-0.4, -0.2) is 27.7 Å². The third-order valence-corrected chi connectivity index (χ3v) is 4.31. The van der Waals surface area contributed by atoms with Gasteiger partial charge in [-0.05, 0) is 39.3 Å². The van der Waals surface area contributed by atoms with E-state index in [-0.39, 0.29) is 23.5 Å². The zero-order valence-electron chi connectivity index (χ0n) is 12.6. The zero-order valence-corrected chi connectivity index (χ0v) is 13.4. The normalized spacial score (nSPS) is 13.7. The lowest BCUT2D eigenvalue weighted by molar-refractivity contribution is 0.0373. The fourth-order valence-electron chi connectivity index (χ4n) is 1.57. The highest BCUT2D eigenvalue weighted by Gasteiger charge is 2.18. The summed E-state index contributed by atoms with van der Waals surface area (Å²) in [6.07, 6.45) is 0.952. The van der Waals surface area contributed by atoms with Crippen LogP contribution in [0.25, 0.3) is 0 Å². The Morgan fingerprint density at radius 1 is 1.10 bits per heavy atom. The number of benzene rings is 1. The molecule has 0 aromatic heterocycles. The highest BCUT2D eigenvalue weighted by Crippen LogP contribution is 2.15. The third-order valence-electron chi connectivity index (χ3n) is 3.01. The highest BCUT2D eigenvalue weighted by atomic mass is 32.2. The van der Waals surface area contributed by atoms with Gasteiger partial charge in [-0.2, -0.15) is 8.42 Å². The molecule has 1 aromatic carbocycles. The van der Waals surface area contributed by atoms with E-state index in [0.29, 0.717) is 6.61 Å². The Morgan fingerprint density at radius 3 is 2.20 bits per heavy atom. The molecule has 4 nitrogen and oxygen atoms in total. The van der Waals surface area contributed by atoms with Crippen LogP contribution in [0, 0.1) is 12.8 Å². The molecule has 0 bridgehead atoms. The Hall–Kier alpha value is -0.910. The van der Waals surface area contributed by atoms with Crippen LogP contribution >= 0.6 is 0 Å². The van der Waals surface area contributed by atoms with Crippen LogP contribution in [0.2, 0.25) is 0 Å². The molecule has 0 spiro atoms. The molecule has 1 atom stereocenters. The van der Waals surface area contributed by atoms with Gasteiger partial charge >= 0.3 is 0 Å². The number of aryl methyl sites for hydroxylation is 1. The van der Waals surface area contributed by atoms with Crippen LogP contribution in [0.15, 0.2) is 29.2 Å². The monoisotopic (exact) mass is 300 g/mol. The van der Waals surface area contributed by atoms with E-state index in [4.69, 9.17) is 8.92 Å². The molecule has 0 fully saturated rings. The Balaban J connectivity index is 2.59. The second kappa shape index (κ2) is 7.76. The minimum atomic E-state index is -3.68. The summed E-state index contributed by atoms with van der Waals surface area (Å²) in [6, 6.07) is 6.65. The van der Waals surface area contributed by atoms with Crippen LogP contribution in [0.5, 0.6) is 0 Å². The molecule has 1 rings (SSSR count). The van der Waals surface area contributed by atoms with Crippen molar-refractivity contribution in [2.45, 2.75) is 45.1 Å². The van der Waals surface area contributed by atoms with Crippen molar-refractivity contribution in [2.24, 2.45) is 5.92 Å². The van der Waals surface area contributed by atoms with Gasteiger partial charge in [-0.15, -0.1) is 0 Å². The lowest BCUT2D eigenvalue weighted by atomic mass is 10.1. The first kappa shape index (κ1) is 17.1. The molecule has 0 saturated heterocycles. The summed E-state index contributed by atoms with van der Waals surface area (Å²) in [7, 11) is -3.68. The van der Waals surface area contributed by atoms with Crippen molar-refractivity contribution in [3.63, 3.8) is 0 Å². The van der Waals surface area contributed by atoms with E-state index >= 15 is 0 Å². The fraction of sp³-hybridized carbons (Fsp3) is 0.600. The van der Waals surface area contributed by atoms with Crippen LogP contribution in [0.1, 0.15) is 32.8 Å².